The zero-order chi connectivity index (χ0) is 19.1. The van der Waals surface area contributed by atoms with Crippen molar-refractivity contribution in [1.82, 2.24) is 10.2 Å². The Morgan fingerprint density at radius 2 is 2.11 bits per heavy atom. The first-order chi connectivity index (χ1) is 13.7. The van der Waals surface area contributed by atoms with Crippen molar-refractivity contribution in [3.05, 3.63) is 59.9 Å². The lowest BCUT2D eigenvalue weighted by Crippen LogP contribution is -2.33. The molecule has 0 saturated carbocycles. The lowest BCUT2D eigenvalue weighted by atomic mass is 9.89. The fraction of sp³-hybridized carbons (Fsp3) is 0.273. The van der Waals surface area contributed by atoms with Crippen molar-refractivity contribution < 1.29 is 9.53 Å². The van der Waals surface area contributed by atoms with E-state index in [1.54, 1.807) is 7.11 Å². The van der Waals surface area contributed by atoms with Crippen LogP contribution >= 0.6 is 0 Å². The topological polar surface area (TPSA) is 70.2 Å². The Kier molecular flexibility index (Phi) is 4.04. The molecule has 2 N–H and O–H groups in total. The van der Waals surface area contributed by atoms with Gasteiger partial charge >= 0.3 is 0 Å². The predicted octanol–water partition coefficient (Wildman–Crippen LogP) is 3.40. The van der Waals surface area contributed by atoms with Crippen LogP contribution in [-0.2, 0) is 17.6 Å². The maximum atomic E-state index is 13.0. The van der Waals surface area contributed by atoms with Gasteiger partial charge in [-0.15, -0.1) is 0 Å². The minimum Gasteiger partial charge on any atom is -0.497 e. The molecule has 1 aliphatic carbocycles. The number of methoxy groups -OCH3 is 1. The van der Waals surface area contributed by atoms with Crippen LogP contribution in [0.3, 0.4) is 0 Å². The molecule has 1 saturated heterocycles. The van der Waals surface area contributed by atoms with E-state index in [-0.39, 0.29) is 11.9 Å². The van der Waals surface area contributed by atoms with Crippen molar-refractivity contribution in [3.8, 4) is 16.9 Å². The Morgan fingerprint density at radius 3 is 3.00 bits per heavy atom. The summed E-state index contributed by atoms with van der Waals surface area (Å²) in [5, 5.41) is 10.6. The number of rotatable bonds is 4. The summed E-state index contributed by atoms with van der Waals surface area (Å²) in [7, 11) is 1.64. The van der Waals surface area contributed by atoms with Crippen LogP contribution in [0.25, 0.3) is 11.1 Å². The lowest BCUT2D eigenvalue weighted by Gasteiger charge is -2.21. The van der Waals surface area contributed by atoms with Crippen LogP contribution < -0.4 is 15.0 Å². The van der Waals surface area contributed by atoms with Crippen LogP contribution in [0.4, 0.5) is 11.4 Å². The van der Waals surface area contributed by atoms with Gasteiger partial charge in [-0.05, 0) is 54.7 Å². The van der Waals surface area contributed by atoms with Crippen LogP contribution in [0.2, 0.25) is 0 Å². The average molecular weight is 374 g/mol. The molecule has 0 spiro atoms. The fourth-order valence-electron chi connectivity index (χ4n) is 4.20. The summed E-state index contributed by atoms with van der Waals surface area (Å²) in [6, 6.07) is 13.8. The van der Waals surface area contributed by atoms with Crippen molar-refractivity contribution in [2.75, 3.05) is 23.9 Å². The number of hydrogen-bond acceptors (Lipinski definition) is 4. The third-order valence-electron chi connectivity index (χ3n) is 5.66. The van der Waals surface area contributed by atoms with E-state index in [2.05, 4.69) is 27.6 Å². The van der Waals surface area contributed by atoms with E-state index in [9.17, 15) is 4.79 Å². The Hall–Kier alpha value is -3.28. The maximum Gasteiger partial charge on any atom is 0.249 e. The number of fused-ring (bicyclic) bond motifs is 3. The Bertz CT molecular complexity index is 1040. The van der Waals surface area contributed by atoms with Crippen LogP contribution in [0.15, 0.2) is 48.7 Å². The Morgan fingerprint density at radius 1 is 1.18 bits per heavy atom. The van der Waals surface area contributed by atoms with Crippen LogP contribution in [0.1, 0.15) is 17.7 Å². The number of aromatic nitrogens is 2. The maximum absolute atomic E-state index is 13.0. The van der Waals surface area contributed by atoms with E-state index in [4.69, 9.17) is 4.74 Å². The number of anilines is 2. The highest BCUT2D eigenvalue weighted by atomic mass is 16.5. The SMILES string of the molecule is COc1cccc(N[C@H]2CCN(c3ccc4c(c3)CCc3n[nH]cc3-4)C2=O)c1. The molecule has 142 valence electrons. The molecule has 1 aromatic heterocycles. The van der Waals surface area contributed by atoms with Gasteiger partial charge in [0.25, 0.3) is 0 Å². The van der Waals surface area contributed by atoms with E-state index in [0.717, 1.165) is 48.6 Å². The summed E-state index contributed by atoms with van der Waals surface area (Å²) in [6.07, 6.45) is 4.62. The second-order valence-electron chi connectivity index (χ2n) is 7.29. The summed E-state index contributed by atoms with van der Waals surface area (Å²) >= 11 is 0. The van der Waals surface area contributed by atoms with Gasteiger partial charge in [-0.3, -0.25) is 9.89 Å². The smallest absolute Gasteiger partial charge is 0.249 e. The number of nitrogens with one attached hydrogen (secondary N) is 2. The quantitative estimate of drug-likeness (QED) is 0.734. The number of ether oxygens (including phenoxy) is 1. The number of carbonyl (C=O) groups is 1. The molecule has 6 nitrogen and oxygen atoms in total. The second-order valence-corrected chi connectivity index (χ2v) is 7.29. The van der Waals surface area contributed by atoms with Crippen molar-refractivity contribution in [3.63, 3.8) is 0 Å². The van der Waals surface area contributed by atoms with Crippen LogP contribution in [0.5, 0.6) is 5.75 Å². The van der Waals surface area contributed by atoms with E-state index < -0.39 is 0 Å². The highest BCUT2D eigenvalue weighted by Crippen LogP contribution is 2.35. The van der Waals surface area contributed by atoms with E-state index in [1.165, 1.54) is 16.7 Å². The zero-order valence-corrected chi connectivity index (χ0v) is 15.7. The number of hydrogen-bond donors (Lipinski definition) is 2. The minimum atomic E-state index is -0.219. The molecule has 2 aromatic carbocycles. The van der Waals surface area contributed by atoms with Gasteiger partial charge in [0.1, 0.15) is 11.8 Å². The molecule has 0 bridgehead atoms. The van der Waals surface area contributed by atoms with Gasteiger partial charge in [0.15, 0.2) is 0 Å². The lowest BCUT2D eigenvalue weighted by molar-refractivity contribution is -0.117. The third kappa shape index (κ3) is 2.81. The summed E-state index contributed by atoms with van der Waals surface area (Å²) in [5.41, 5.74) is 6.68. The number of H-pyrrole nitrogens is 1. The normalized spacial score (nSPS) is 18.0. The summed E-state index contributed by atoms with van der Waals surface area (Å²) in [4.78, 5) is 14.9. The average Bonchev–Trinajstić information content (AvgIpc) is 3.35. The highest BCUT2D eigenvalue weighted by Gasteiger charge is 2.33. The molecular weight excluding hydrogens is 352 g/mol. The number of carbonyl (C=O) groups excluding carboxylic acids is 1. The zero-order valence-electron chi connectivity index (χ0n) is 15.7. The van der Waals surface area contributed by atoms with Gasteiger partial charge in [0, 0.05) is 35.7 Å². The van der Waals surface area contributed by atoms with Crippen LogP contribution in [-0.4, -0.2) is 35.8 Å². The Balaban J connectivity index is 1.36. The molecule has 28 heavy (non-hydrogen) atoms. The molecule has 3 aromatic rings. The first-order valence-electron chi connectivity index (χ1n) is 9.61. The Labute approximate surface area is 163 Å². The second kappa shape index (κ2) is 6.71. The molecule has 6 heteroatoms. The largest absolute Gasteiger partial charge is 0.497 e. The van der Waals surface area contributed by atoms with Gasteiger partial charge in [-0.1, -0.05) is 12.1 Å². The summed E-state index contributed by atoms with van der Waals surface area (Å²) in [6.45, 7) is 0.718. The molecule has 5 rings (SSSR count). The van der Waals surface area contributed by atoms with Crippen molar-refractivity contribution in [2.45, 2.75) is 25.3 Å². The minimum absolute atomic E-state index is 0.113. The molecule has 2 aliphatic rings. The molecule has 0 radical (unpaired) electrons. The van der Waals surface area contributed by atoms with E-state index >= 15 is 0 Å². The summed E-state index contributed by atoms with van der Waals surface area (Å²) in [5.74, 6) is 0.892. The number of benzene rings is 2. The molecule has 1 amide bonds. The van der Waals surface area contributed by atoms with Crippen molar-refractivity contribution >= 4 is 17.3 Å². The van der Waals surface area contributed by atoms with E-state index in [1.807, 2.05) is 41.4 Å². The van der Waals surface area contributed by atoms with Crippen molar-refractivity contribution in [1.29, 1.82) is 0 Å². The van der Waals surface area contributed by atoms with Crippen molar-refractivity contribution in [2.24, 2.45) is 0 Å². The molecule has 2 heterocycles. The van der Waals surface area contributed by atoms with Gasteiger partial charge in [0.05, 0.1) is 12.8 Å². The predicted molar refractivity (Wildman–Crippen MR) is 109 cm³/mol. The number of nitrogens with zero attached hydrogens (tertiary/aromatic N) is 2. The molecule has 1 aliphatic heterocycles. The standard InChI is InChI=1S/C22H22N4O2/c1-28-17-4-2-3-15(12-17)24-21-9-10-26(22(21)27)16-6-7-18-14(11-16)5-8-20-19(18)13-23-25-20/h2-4,6-7,11-13,21,24H,5,8-10H2,1H3,(H,23,25)/t21-/m0/s1. The fourth-order valence-corrected chi connectivity index (χ4v) is 4.20. The first kappa shape index (κ1) is 16.9. The summed E-state index contributed by atoms with van der Waals surface area (Å²) < 4.78 is 5.27. The van der Waals surface area contributed by atoms with Gasteiger partial charge < -0.3 is 15.0 Å². The first-order valence-corrected chi connectivity index (χ1v) is 9.61. The molecular formula is C22H22N4O2. The van der Waals surface area contributed by atoms with Gasteiger partial charge in [0.2, 0.25) is 5.91 Å². The third-order valence-corrected chi connectivity index (χ3v) is 5.66. The number of aryl methyl sites for hydroxylation is 2. The highest BCUT2D eigenvalue weighted by molar-refractivity contribution is 6.01. The molecule has 1 atom stereocenters. The van der Waals surface area contributed by atoms with Gasteiger partial charge in [-0.2, -0.15) is 5.10 Å². The number of aromatic amines is 1. The molecule has 0 unspecified atom stereocenters. The monoisotopic (exact) mass is 374 g/mol. The van der Waals surface area contributed by atoms with Crippen LogP contribution in [0, 0.1) is 0 Å². The van der Waals surface area contributed by atoms with Gasteiger partial charge in [-0.25, -0.2) is 0 Å². The number of amides is 1. The van der Waals surface area contributed by atoms with E-state index in [0.29, 0.717) is 0 Å². The molecule has 1 fully saturated rings.